The van der Waals surface area contributed by atoms with Crippen molar-refractivity contribution in [2.24, 2.45) is 0 Å². The van der Waals surface area contributed by atoms with Crippen LogP contribution in [0.1, 0.15) is 44.3 Å². The van der Waals surface area contributed by atoms with Gasteiger partial charge in [-0.15, -0.1) is 0 Å². The molecule has 0 aliphatic carbocycles. The molecule has 1 aliphatic heterocycles. The fourth-order valence-corrected chi connectivity index (χ4v) is 3.89. The molecule has 0 saturated carbocycles. The third-order valence-electron chi connectivity index (χ3n) is 5.56. The van der Waals surface area contributed by atoms with E-state index in [9.17, 15) is 9.59 Å². The number of nitrogens with one attached hydrogen (secondary N) is 1. The Morgan fingerprint density at radius 1 is 1.00 bits per heavy atom. The van der Waals surface area contributed by atoms with Crippen LogP contribution in [0.2, 0.25) is 0 Å². The number of nitrogens with zero attached hydrogens (tertiary/aromatic N) is 1. The first-order valence-corrected chi connectivity index (χ1v) is 10.6. The first kappa shape index (κ1) is 20.7. The highest BCUT2D eigenvalue weighted by Crippen LogP contribution is 2.29. The normalized spacial score (nSPS) is 12.4. The maximum absolute atomic E-state index is 12.7. The summed E-state index contributed by atoms with van der Waals surface area (Å²) in [6.07, 6.45) is 1.07. The minimum Gasteiger partial charge on any atom is -0.462 e. The van der Waals surface area contributed by atoms with E-state index in [0.717, 1.165) is 25.1 Å². The third kappa shape index (κ3) is 4.61. The molecule has 158 valence electrons. The number of hydrogen-bond donors (Lipinski definition) is 1. The SMILES string of the molecule is CCOC(=O)c1ccc(NC(=O)c2ccc(CN3CCc4ccccc43)cc2)c(C)c1. The van der Waals surface area contributed by atoms with E-state index < -0.39 is 0 Å². The third-order valence-corrected chi connectivity index (χ3v) is 5.56. The Bertz CT molecular complexity index is 1110. The Labute approximate surface area is 182 Å². The Morgan fingerprint density at radius 3 is 2.48 bits per heavy atom. The van der Waals surface area contributed by atoms with Crippen LogP contribution in [0.15, 0.2) is 66.7 Å². The molecule has 0 aromatic heterocycles. The lowest BCUT2D eigenvalue weighted by molar-refractivity contribution is 0.0526. The maximum Gasteiger partial charge on any atom is 0.338 e. The average Bonchev–Trinajstić information content (AvgIpc) is 3.18. The van der Waals surface area contributed by atoms with Gasteiger partial charge in [0.2, 0.25) is 0 Å². The molecular formula is C26H26N2O3. The Hall–Kier alpha value is -3.60. The van der Waals surface area contributed by atoms with Crippen LogP contribution in [-0.4, -0.2) is 25.0 Å². The second kappa shape index (κ2) is 9.04. The van der Waals surface area contributed by atoms with Crippen LogP contribution >= 0.6 is 0 Å². The molecule has 0 atom stereocenters. The van der Waals surface area contributed by atoms with Crippen molar-refractivity contribution in [3.05, 3.63) is 94.5 Å². The monoisotopic (exact) mass is 414 g/mol. The number of benzene rings is 3. The first-order valence-electron chi connectivity index (χ1n) is 10.6. The molecule has 3 aromatic rings. The van der Waals surface area contributed by atoms with Crippen molar-refractivity contribution in [2.45, 2.75) is 26.8 Å². The van der Waals surface area contributed by atoms with Gasteiger partial charge in [-0.1, -0.05) is 30.3 Å². The lowest BCUT2D eigenvalue weighted by Crippen LogP contribution is -2.19. The van der Waals surface area contributed by atoms with E-state index >= 15 is 0 Å². The lowest BCUT2D eigenvalue weighted by atomic mass is 10.1. The van der Waals surface area contributed by atoms with Gasteiger partial charge in [-0.05, 0) is 73.4 Å². The zero-order chi connectivity index (χ0) is 21.8. The Balaban J connectivity index is 1.40. The number of para-hydroxylation sites is 1. The fourth-order valence-electron chi connectivity index (χ4n) is 3.89. The lowest BCUT2D eigenvalue weighted by Gasteiger charge is -2.19. The van der Waals surface area contributed by atoms with E-state index in [1.807, 2.05) is 31.2 Å². The van der Waals surface area contributed by atoms with Crippen LogP contribution in [0, 0.1) is 6.92 Å². The number of amides is 1. The van der Waals surface area contributed by atoms with Gasteiger partial charge in [0.05, 0.1) is 12.2 Å². The Morgan fingerprint density at radius 2 is 1.74 bits per heavy atom. The maximum atomic E-state index is 12.7. The molecule has 0 radical (unpaired) electrons. The molecule has 31 heavy (non-hydrogen) atoms. The largest absolute Gasteiger partial charge is 0.462 e. The highest BCUT2D eigenvalue weighted by Gasteiger charge is 2.18. The summed E-state index contributed by atoms with van der Waals surface area (Å²) in [5.74, 6) is -0.537. The molecule has 4 rings (SSSR count). The molecule has 1 heterocycles. The molecular weight excluding hydrogens is 388 g/mol. The summed E-state index contributed by atoms with van der Waals surface area (Å²) >= 11 is 0. The highest BCUT2D eigenvalue weighted by molar-refractivity contribution is 6.05. The van der Waals surface area contributed by atoms with Crippen LogP contribution in [0.3, 0.4) is 0 Å². The number of carbonyl (C=O) groups is 2. The smallest absolute Gasteiger partial charge is 0.338 e. The number of hydrogen-bond acceptors (Lipinski definition) is 4. The molecule has 5 nitrogen and oxygen atoms in total. The topological polar surface area (TPSA) is 58.6 Å². The van der Waals surface area contributed by atoms with Crippen molar-refractivity contribution in [3.63, 3.8) is 0 Å². The molecule has 0 fully saturated rings. The van der Waals surface area contributed by atoms with Gasteiger partial charge in [-0.3, -0.25) is 4.79 Å². The number of esters is 1. The van der Waals surface area contributed by atoms with Gasteiger partial charge in [-0.2, -0.15) is 0 Å². The van der Waals surface area contributed by atoms with E-state index in [1.165, 1.54) is 16.8 Å². The summed E-state index contributed by atoms with van der Waals surface area (Å²) in [4.78, 5) is 26.9. The Kier molecular flexibility index (Phi) is 6.03. The summed E-state index contributed by atoms with van der Waals surface area (Å²) in [7, 11) is 0. The van der Waals surface area contributed by atoms with Crippen molar-refractivity contribution in [2.75, 3.05) is 23.4 Å². The molecule has 5 heteroatoms. The second-order valence-electron chi connectivity index (χ2n) is 7.70. The van der Waals surface area contributed by atoms with Crippen LogP contribution < -0.4 is 10.2 Å². The summed E-state index contributed by atoms with van der Waals surface area (Å²) in [6, 6.07) is 21.4. The van der Waals surface area contributed by atoms with E-state index in [4.69, 9.17) is 4.74 Å². The van der Waals surface area contributed by atoms with Crippen LogP contribution in [0.4, 0.5) is 11.4 Å². The van der Waals surface area contributed by atoms with Crippen molar-refractivity contribution < 1.29 is 14.3 Å². The predicted molar refractivity (Wildman–Crippen MR) is 123 cm³/mol. The summed E-state index contributed by atoms with van der Waals surface area (Å²) in [5.41, 5.74) is 6.42. The van der Waals surface area contributed by atoms with Crippen molar-refractivity contribution in [1.82, 2.24) is 0 Å². The van der Waals surface area contributed by atoms with Gasteiger partial charge in [0.1, 0.15) is 0 Å². The van der Waals surface area contributed by atoms with E-state index in [2.05, 4.69) is 34.5 Å². The number of ether oxygens (including phenoxy) is 1. The molecule has 0 spiro atoms. The summed E-state index contributed by atoms with van der Waals surface area (Å²) in [6.45, 7) is 5.80. The van der Waals surface area contributed by atoms with Crippen molar-refractivity contribution in [1.29, 1.82) is 0 Å². The van der Waals surface area contributed by atoms with Crippen LogP contribution in [-0.2, 0) is 17.7 Å². The minimum atomic E-state index is -0.361. The van der Waals surface area contributed by atoms with E-state index in [1.54, 1.807) is 25.1 Å². The van der Waals surface area contributed by atoms with E-state index in [0.29, 0.717) is 23.4 Å². The zero-order valence-corrected chi connectivity index (χ0v) is 17.9. The molecule has 0 saturated heterocycles. The number of anilines is 2. The summed E-state index contributed by atoms with van der Waals surface area (Å²) < 4.78 is 5.02. The average molecular weight is 415 g/mol. The molecule has 3 aromatic carbocycles. The number of aryl methyl sites for hydroxylation is 1. The van der Waals surface area contributed by atoms with Crippen molar-refractivity contribution >= 4 is 23.3 Å². The van der Waals surface area contributed by atoms with Crippen LogP contribution in [0.25, 0.3) is 0 Å². The molecule has 0 bridgehead atoms. The summed E-state index contributed by atoms with van der Waals surface area (Å²) in [5, 5.41) is 2.93. The fraction of sp³-hybridized carbons (Fsp3) is 0.231. The standard InChI is InChI=1S/C26H26N2O3/c1-3-31-26(30)22-12-13-23(18(2)16-22)27-25(29)21-10-8-19(9-11-21)17-28-15-14-20-6-4-5-7-24(20)28/h4-13,16H,3,14-15,17H2,1-2H3,(H,27,29). The van der Waals surface area contributed by atoms with Gasteiger partial charge < -0.3 is 15.0 Å². The van der Waals surface area contributed by atoms with Crippen LogP contribution in [0.5, 0.6) is 0 Å². The number of carbonyl (C=O) groups excluding carboxylic acids is 2. The number of fused-ring (bicyclic) bond motifs is 1. The van der Waals surface area contributed by atoms with Gasteiger partial charge in [-0.25, -0.2) is 4.79 Å². The van der Waals surface area contributed by atoms with Gasteiger partial charge >= 0.3 is 5.97 Å². The number of rotatable bonds is 6. The molecule has 0 unspecified atom stereocenters. The zero-order valence-electron chi connectivity index (χ0n) is 17.9. The van der Waals surface area contributed by atoms with Crippen molar-refractivity contribution in [3.8, 4) is 0 Å². The second-order valence-corrected chi connectivity index (χ2v) is 7.70. The quantitative estimate of drug-likeness (QED) is 0.578. The molecule has 1 aliphatic rings. The van der Waals surface area contributed by atoms with Gasteiger partial charge in [0.25, 0.3) is 5.91 Å². The first-order chi connectivity index (χ1) is 15.0. The predicted octanol–water partition coefficient (Wildman–Crippen LogP) is 4.99. The van der Waals surface area contributed by atoms with Gasteiger partial charge in [0.15, 0.2) is 0 Å². The van der Waals surface area contributed by atoms with E-state index in [-0.39, 0.29) is 11.9 Å². The highest BCUT2D eigenvalue weighted by atomic mass is 16.5. The minimum absolute atomic E-state index is 0.176. The molecule has 1 N–H and O–H groups in total. The van der Waals surface area contributed by atoms with Gasteiger partial charge in [0, 0.05) is 30.0 Å². The molecule has 1 amide bonds.